The minimum Gasteiger partial charge on any atom is -0.508 e. The van der Waals surface area contributed by atoms with Crippen LogP contribution in [-0.4, -0.2) is 61.5 Å². The number of rotatable bonds is 2. The average molecular weight is 536 g/mol. The van der Waals surface area contributed by atoms with Crippen LogP contribution in [0.15, 0.2) is 47.2 Å². The van der Waals surface area contributed by atoms with E-state index in [1.807, 2.05) is 0 Å². The van der Waals surface area contributed by atoms with E-state index in [1.54, 1.807) is 31.2 Å². The van der Waals surface area contributed by atoms with Crippen molar-refractivity contribution in [2.75, 3.05) is 6.79 Å². The molecule has 1 heterocycles. The highest BCUT2D eigenvalue weighted by molar-refractivity contribution is 6.23. The molecule has 7 N–H and O–H groups in total. The van der Waals surface area contributed by atoms with Crippen LogP contribution in [0.5, 0.6) is 17.2 Å². The highest BCUT2D eigenvalue weighted by Gasteiger charge is 2.67. The second-order valence-electron chi connectivity index (χ2n) is 10.4. The second kappa shape index (κ2) is 8.08. The van der Waals surface area contributed by atoms with Gasteiger partial charge in [-0.2, -0.15) is 0 Å². The third kappa shape index (κ3) is 3.02. The van der Waals surface area contributed by atoms with Gasteiger partial charge in [-0.25, -0.2) is 0 Å². The summed E-state index contributed by atoms with van der Waals surface area (Å²) >= 11 is 0. The topological polar surface area (TPSA) is 197 Å². The predicted molar refractivity (Wildman–Crippen MR) is 134 cm³/mol. The minimum atomic E-state index is -2.90. The van der Waals surface area contributed by atoms with Crippen molar-refractivity contribution in [3.63, 3.8) is 0 Å². The molecule has 2 aromatic carbocycles. The molecule has 2 aromatic rings. The maximum absolute atomic E-state index is 13.9. The summed E-state index contributed by atoms with van der Waals surface area (Å²) in [5, 5.41) is 56.3. The van der Waals surface area contributed by atoms with E-state index in [4.69, 9.17) is 15.2 Å². The molecule has 6 atom stereocenters. The van der Waals surface area contributed by atoms with Crippen molar-refractivity contribution < 1.29 is 49.4 Å². The first-order chi connectivity index (χ1) is 18.4. The van der Waals surface area contributed by atoms with Gasteiger partial charge in [0.1, 0.15) is 22.8 Å². The molecule has 0 spiro atoms. The molecule has 1 saturated carbocycles. The van der Waals surface area contributed by atoms with Crippen LogP contribution >= 0.6 is 0 Å². The fourth-order valence-electron chi connectivity index (χ4n) is 6.78. The Morgan fingerprint density at radius 1 is 1.03 bits per heavy atom. The number of Topliss-reactive ketones (excluding diaryl/α,β-unsaturated/α-hetero) is 2. The van der Waals surface area contributed by atoms with Crippen molar-refractivity contribution in [2.45, 2.75) is 31.5 Å². The van der Waals surface area contributed by atoms with Gasteiger partial charge in [-0.05, 0) is 40.8 Å². The molecule has 1 amide bonds. The van der Waals surface area contributed by atoms with Gasteiger partial charge < -0.3 is 40.7 Å². The van der Waals surface area contributed by atoms with Crippen LogP contribution in [0, 0.1) is 17.8 Å². The molecule has 11 nitrogen and oxygen atoms in total. The van der Waals surface area contributed by atoms with Gasteiger partial charge in [0, 0.05) is 23.3 Å². The van der Waals surface area contributed by atoms with Crippen LogP contribution < -0.4 is 15.2 Å². The summed E-state index contributed by atoms with van der Waals surface area (Å²) in [6.45, 7) is 3.07. The SMILES string of the molecule is C[C@@H]1C(=O)C(C(N)=O)=C(O)[C@@]2(O)C(=O)C3=C(O)c4c(O)ccc(-c5ccc6c(c5)OCO6)c4[C@H](C)[C@H]3[C@H](O)[C@@H]12. The number of amides is 1. The lowest BCUT2D eigenvalue weighted by atomic mass is 9.53. The molecule has 39 heavy (non-hydrogen) atoms. The second-order valence-corrected chi connectivity index (χ2v) is 10.4. The number of phenols is 1. The molecule has 1 fully saturated rings. The maximum Gasteiger partial charge on any atom is 0.255 e. The average Bonchev–Trinajstić information content (AvgIpc) is 3.36. The van der Waals surface area contributed by atoms with Gasteiger partial charge in [0.05, 0.1) is 11.7 Å². The Bertz CT molecular complexity index is 1570. The number of benzene rings is 2. The monoisotopic (exact) mass is 535 g/mol. The van der Waals surface area contributed by atoms with Gasteiger partial charge >= 0.3 is 0 Å². The summed E-state index contributed by atoms with van der Waals surface area (Å²) in [5.41, 5.74) is 2.57. The summed E-state index contributed by atoms with van der Waals surface area (Å²) in [5.74, 6) is -9.39. The Hall–Kier alpha value is -4.35. The van der Waals surface area contributed by atoms with Gasteiger partial charge in [-0.1, -0.05) is 26.0 Å². The van der Waals surface area contributed by atoms with E-state index >= 15 is 0 Å². The van der Waals surface area contributed by atoms with E-state index < -0.39 is 75.5 Å². The van der Waals surface area contributed by atoms with E-state index in [0.717, 1.165) is 0 Å². The van der Waals surface area contributed by atoms with Crippen LogP contribution in [0.25, 0.3) is 16.9 Å². The van der Waals surface area contributed by atoms with Crippen LogP contribution in [-0.2, 0) is 14.4 Å². The Morgan fingerprint density at radius 2 is 1.72 bits per heavy atom. The Labute approximate surface area is 221 Å². The smallest absolute Gasteiger partial charge is 0.255 e. The molecule has 202 valence electrons. The van der Waals surface area contributed by atoms with Crippen LogP contribution in [0.4, 0.5) is 0 Å². The number of carbonyl (C=O) groups is 3. The normalized spacial score (nSPS) is 31.1. The number of phenolic OH excluding ortho intramolecular Hbond substituents is 1. The molecule has 3 aliphatic carbocycles. The number of aromatic hydroxyl groups is 1. The number of fused-ring (bicyclic) bond motifs is 4. The van der Waals surface area contributed by atoms with Crippen molar-refractivity contribution in [3.8, 4) is 28.4 Å². The summed E-state index contributed by atoms with van der Waals surface area (Å²) in [6, 6.07) is 8.18. The summed E-state index contributed by atoms with van der Waals surface area (Å²) in [7, 11) is 0. The molecule has 4 aliphatic rings. The zero-order chi connectivity index (χ0) is 28.1. The lowest BCUT2D eigenvalue weighted by Crippen LogP contribution is -2.66. The molecule has 0 radical (unpaired) electrons. The first kappa shape index (κ1) is 25.0. The lowest BCUT2D eigenvalue weighted by molar-refractivity contribution is -0.167. The summed E-state index contributed by atoms with van der Waals surface area (Å²) in [6.07, 6.45) is -1.63. The van der Waals surface area contributed by atoms with E-state index in [0.29, 0.717) is 28.2 Å². The van der Waals surface area contributed by atoms with Gasteiger partial charge in [0.15, 0.2) is 22.9 Å². The van der Waals surface area contributed by atoms with E-state index in [1.165, 1.54) is 13.0 Å². The fourth-order valence-corrected chi connectivity index (χ4v) is 6.78. The third-order valence-corrected chi connectivity index (χ3v) is 8.58. The largest absolute Gasteiger partial charge is 0.508 e. The molecule has 0 saturated heterocycles. The van der Waals surface area contributed by atoms with E-state index in [2.05, 4.69) is 0 Å². The zero-order valence-electron chi connectivity index (χ0n) is 20.8. The number of aliphatic hydroxyl groups excluding tert-OH is 3. The van der Waals surface area contributed by atoms with Crippen LogP contribution in [0.1, 0.15) is 30.9 Å². The molecule has 6 rings (SSSR count). The van der Waals surface area contributed by atoms with Gasteiger partial charge in [0.2, 0.25) is 12.6 Å². The Balaban J connectivity index is 1.60. The maximum atomic E-state index is 13.9. The molecule has 1 aliphatic heterocycles. The molecule has 0 bridgehead atoms. The van der Waals surface area contributed by atoms with Crippen molar-refractivity contribution in [2.24, 2.45) is 23.5 Å². The standard InChI is InChI=1S/C28H25NO10/c1-9-16-12(11-3-6-14-15(7-11)39-8-38-14)4-5-13(30)18(16)23(32)19-17(9)24(33)21-10(2)22(31)20(27(29)36)26(35)28(21,37)25(19)34/h3-7,9-10,17,21,24,30,32-33,35,37H,8H2,1-2H3,(H2,29,36)/t9-,10-,17+,21+,24-,28-/m0/s1. The van der Waals surface area contributed by atoms with Gasteiger partial charge in [-0.15, -0.1) is 0 Å². The first-order valence-corrected chi connectivity index (χ1v) is 12.3. The molecular weight excluding hydrogens is 510 g/mol. The van der Waals surface area contributed by atoms with Gasteiger partial charge in [0.25, 0.3) is 5.91 Å². The Kier molecular flexibility index (Phi) is 5.17. The fraction of sp³-hybridized carbons (Fsp3) is 0.321. The molecule has 0 aromatic heterocycles. The van der Waals surface area contributed by atoms with Crippen LogP contribution in [0.3, 0.4) is 0 Å². The summed E-state index contributed by atoms with van der Waals surface area (Å²) < 4.78 is 10.9. The van der Waals surface area contributed by atoms with Crippen molar-refractivity contribution >= 4 is 23.2 Å². The Morgan fingerprint density at radius 3 is 2.41 bits per heavy atom. The number of hydrogen-bond donors (Lipinski definition) is 6. The van der Waals surface area contributed by atoms with Crippen molar-refractivity contribution in [1.82, 2.24) is 0 Å². The highest BCUT2D eigenvalue weighted by Crippen LogP contribution is 2.58. The number of nitrogens with two attached hydrogens (primary N) is 1. The number of ketones is 2. The lowest BCUT2D eigenvalue weighted by Gasteiger charge is -2.52. The zero-order valence-corrected chi connectivity index (χ0v) is 20.8. The predicted octanol–water partition coefficient (Wildman–Crippen LogP) is 1.60. The van der Waals surface area contributed by atoms with E-state index in [-0.39, 0.29) is 18.1 Å². The summed E-state index contributed by atoms with van der Waals surface area (Å²) in [4.78, 5) is 38.8. The number of primary amides is 1. The molecular formula is C28H25NO10. The minimum absolute atomic E-state index is 0.0616. The van der Waals surface area contributed by atoms with E-state index in [9.17, 15) is 39.9 Å². The molecule has 11 heteroatoms. The molecule has 0 unspecified atom stereocenters. The number of aliphatic hydroxyl groups is 4. The van der Waals surface area contributed by atoms with Gasteiger partial charge in [-0.3, -0.25) is 14.4 Å². The number of ether oxygens (including phenoxy) is 2. The van der Waals surface area contributed by atoms with Crippen molar-refractivity contribution in [3.05, 3.63) is 58.4 Å². The third-order valence-electron chi connectivity index (χ3n) is 8.58. The van der Waals surface area contributed by atoms with Crippen LogP contribution in [0.2, 0.25) is 0 Å². The quantitative estimate of drug-likeness (QED) is 0.307. The number of hydrogen-bond acceptors (Lipinski definition) is 10. The number of carbonyl (C=O) groups excluding carboxylic acids is 3. The van der Waals surface area contributed by atoms with Crippen molar-refractivity contribution in [1.29, 1.82) is 0 Å². The highest BCUT2D eigenvalue weighted by atomic mass is 16.7. The first-order valence-electron chi connectivity index (χ1n) is 12.3.